The van der Waals surface area contributed by atoms with Gasteiger partial charge in [-0.3, -0.25) is 9.59 Å². The van der Waals surface area contributed by atoms with E-state index in [1.807, 2.05) is 4.90 Å². The number of carbonyl (C=O) groups excluding carboxylic acids is 2. The lowest BCUT2D eigenvalue weighted by Crippen LogP contribution is -2.45. The van der Waals surface area contributed by atoms with Crippen molar-refractivity contribution in [3.63, 3.8) is 0 Å². The lowest BCUT2D eigenvalue weighted by Gasteiger charge is -2.40. The number of hydrogen-bond donors (Lipinski definition) is 2. The molecule has 1 saturated carbocycles. The third kappa shape index (κ3) is 3.66. The fourth-order valence-electron chi connectivity index (χ4n) is 4.74. The summed E-state index contributed by atoms with van der Waals surface area (Å²) in [6.07, 6.45) is 7.02. The quantitative estimate of drug-likeness (QED) is 0.754. The number of carbonyl (C=O) groups is 2. The number of hydrogen-bond acceptors (Lipinski definition) is 4. The summed E-state index contributed by atoms with van der Waals surface area (Å²) >= 11 is 5.93. The van der Waals surface area contributed by atoms with Crippen molar-refractivity contribution in [1.82, 2.24) is 9.80 Å². The van der Waals surface area contributed by atoms with Gasteiger partial charge in [-0.25, -0.2) is 0 Å². The van der Waals surface area contributed by atoms with Crippen LogP contribution in [0.1, 0.15) is 55.3 Å². The van der Waals surface area contributed by atoms with Crippen molar-refractivity contribution in [1.29, 1.82) is 0 Å². The molecule has 4 rings (SSSR count). The zero-order chi connectivity index (χ0) is 19.9. The summed E-state index contributed by atoms with van der Waals surface area (Å²) in [5.41, 5.74) is 0.0780. The summed E-state index contributed by atoms with van der Waals surface area (Å²) in [5.74, 6) is -0.250. The highest BCUT2D eigenvalue weighted by Crippen LogP contribution is 2.42. The zero-order valence-electron chi connectivity index (χ0n) is 16.0. The van der Waals surface area contributed by atoms with E-state index in [4.69, 9.17) is 11.6 Å². The first kappa shape index (κ1) is 19.4. The normalized spacial score (nSPS) is 21.8. The van der Waals surface area contributed by atoms with Crippen molar-refractivity contribution in [2.24, 2.45) is 11.3 Å². The molecule has 28 heavy (non-hydrogen) atoms. The first-order valence-corrected chi connectivity index (χ1v) is 10.5. The number of rotatable bonds is 3. The Bertz CT molecular complexity index is 785. The van der Waals surface area contributed by atoms with E-state index in [1.165, 1.54) is 31.4 Å². The predicted molar refractivity (Wildman–Crippen MR) is 106 cm³/mol. The fraction of sp³-hybridized carbons (Fsp3) is 0.619. The molecule has 0 radical (unpaired) electrons. The van der Waals surface area contributed by atoms with Crippen LogP contribution in [0.4, 0.5) is 0 Å². The number of nitrogens with zero attached hydrogens (tertiary/aromatic N) is 2. The van der Waals surface area contributed by atoms with Gasteiger partial charge >= 0.3 is 0 Å². The molecule has 1 aliphatic carbocycles. The second-order valence-electron chi connectivity index (χ2n) is 8.68. The molecule has 0 bridgehead atoms. The smallest absolute Gasteiger partial charge is 0.257 e. The Labute approximate surface area is 170 Å². The van der Waals surface area contributed by atoms with E-state index >= 15 is 0 Å². The van der Waals surface area contributed by atoms with E-state index in [2.05, 4.69) is 0 Å². The number of aromatic hydroxyl groups is 2. The Balaban J connectivity index is 1.36. The summed E-state index contributed by atoms with van der Waals surface area (Å²) in [4.78, 5) is 29.1. The molecule has 0 atom stereocenters. The molecule has 1 aromatic rings. The first-order chi connectivity index (χ1) is 13.4. The maximum atomic E-state index is 12.9. The van der Waals surface area contributed by atoms with Gasteiger partial charge in [-0.05, 0) is 49.5 Å². The molecule has 0 aromatic heterocycles. The minimum absolute atomic E-state index is 0.0372. The van der Waals surface area contributed by atoms with Crippen LogP contribution in [-0.4, -0.2) is 58.0 Å². The summed E-state index contributed by atoms with van der Waals surface area (Å²) in [6, 6.07) is 2.61. The lowest BCUT2D eigenvalue weighted by molar-refractivity contribution is -0.135. The molecule has 152 valence electrons. The van der Waals surface area contributed by atoms with Crippen molar-refractivity contribution >= 4 is 23.4 Å². The average molecular weight is 407 g/mol. The van der Waals surface area contributed by atoms with Crippen LogP contribution in [0.5, 0.6) is 11.5 Å². The maximum Gasteiger partial charge on any atom is 0.257 e. The van der Waals surface area contributed by atoms with Crippen LogP contribution in [0.15, 0.2) is 12.1 Å². The second kappa shape index (κ2) is 7.47. The monoisotopic (exact) mass is 406 g/mol. The summed E-state index contributed by atoms with van der Waals surface area (Å²) < 4.78 is 0. The topological polar surface area (TPSA) is 81.1 Å². The number of halogens is 1. The number of piperidine rings is 1. The summed E-state index contributed by atoms with van der Waals surface area (Å²) in [6.45, 7) is 2.75. The summed E-state index contributed by atoms with van der Waals surface area (Å²) in [7, 11) is 0. The van der Waals surface area contributed by atoms with E-state index in [0.29, 0.717) is 25.4 Å². The second-order valence-corrected chi connectivity index (χ2v) is 9.12. The molecule has 2 heterocycles. The lowest BCUT2D eigenvalue weighted by atomic mass is 9.77. The van der Waals surface area contributed by atoms with Crippen molar-refractivity contribution in [3.05, 3.63) is 22.7 Å². The van der Waals surface area contributed by atoms with Crippen LogP contribution in [0.25, 0.3) is 0 Å². The van der Waals surface area contributed by atoms with E-state index < -0.39 is 5.75 Å². The molecular weight excluding hydrogens is 380 g/mol. The highest BCUT2D eigenvalue weighted by molar-refractivity contribution is 6.31. The van der Waals surface area contributed by atoms with E-state index in [1.54, 1.807) is 4.90 Å². The Morgan fingerprint density at radius 1 is 1.07 bits per heavy atom. The molecule has 2 amide bonds. The van der Waals surface area contributed by atoms with Crippen molar-refractivity contribution in [2.75, 3.05) is 26.2 Å². The van der Waals surface area contributed by atoms with Crippen molar-refractivity contribution < 1.29 is 19.8 Å². The first-order valence-electron chi connectivity index (χ1n) is 10.2. The minimum Gasteiger partial charge on any atom is -0.504 e. The molecule has 2 saturated heterocycles. The van der Waals surface area contributed by atoms with Crippen LogP contribution in [0, 0.1) is 11.3 Å². The zero-order valence-corrected chi connectivity index (χ0v) is 16.7. The van der Waals surface area contributed by atoms with Crippen LogP contribution >= 0.6 is 11.6 Å². The molecule has 1 aromatic carbocycles. The molecule has 2 N–H and O–H groups in total. The minimum atomic E-state index is -0.424. The number of amides is 2. The van der Waals surface area contributed by atoms with Crippen LogP contribution in [-0.2, 0) is 4.79 Å². The molecule has 6 nitrogen and oxygen atoms in total. The molecule has 3 aliphatic rings. The number of likely N-dealkylation sites (tertiary alicyclic amines) is 2. The number of phenols is 2. The van der Waals surface area contributed by atoms with Gasteiger partial charge in [0.05, 0.1) is 5.56 Å². The van der Waals surface area contributed by atoms with Gasteiger partial charge < -0.3 is 20.0 Å². The van der Waals surface area contributed by atoms with Gasteiger partial charge in [-0.1, -0.05) is 18.0 Å². The summed E-state index contributed by atoms with van der Waals surface area (Å²) in [5, 5.41) is 20.0. The third-order valence-electron chi connectivity index (χ3n) is 6.88. The predicted octanol–water partition coefficient (Wildman–Crippen LogP) is 3.40. The average Bonchev–Trinajstić information content (AvgIpc) is 3.04. The van der Waals surface area contributed by atoms with Gasteiger partial charge in [0, 0.05) is 43.7 Å². The van der Waals surface area contributed by atoms with E-state index in [-0.39, 0.29) is 33.6 Å². The maximum absolute atomic E-state index is 12.9. The van der Waals surface area contributed by atoms with Crippen molar-refractivity contribution in [2.45, 2.75) is 44.9 Å². The van der Waals surface area contributed by atoms with Gasteiger partial charge in [0.25, 0.3) is 5.91 Å². The van der Waals surface area contributed by atoms with Crippen LogP contribution < -0.4 is 0 Å². The van der Waals surface area contributed by atoms with Gasteiger partial charge in [0.2, 0.25) is 5.91 Å². The largest absolute Gasteiger partial charge is 0.504 e. The van der Waals surface area contributed by atoms with Crippen molar-refractivity contribution in [3.8, 4) is 11.5 Å². The highest BCUT2D eigenvalue weighted by atomic mass is 35.5. The SMILES string of the molecule is O=C(CC1CCC1)N1CCC2(CC1)CCN(C(=O)c1cc(Cl)cc(O)c1O)C2. The third-order valence-corrected chi connectivity index (χ3v) is 7.09. The molecule has 1 spiro atoms. The molecular formula is C21H27ClN2O4. The van der Waals surface area contributed by atoms with Gasteiger partial charge in [0.1, 0.15) is 0 Å². The van der Waals surface area contributed by atoms with Gasteiger partial charge in [-0.15, -0.1) is 0 Å². The van der Waals surface area contributed by atoms with Crippen LogP contribution in [0.3, 0.4) is 0 Å². The highest BCUT2D eigenvalue weighted by Gasteiger charge is 2.43. The molecule has 7 heteroatoms. The van der Waals surface area contributed by atoms with E-state index in [9.17, 15) is 19.8 Å². The Morgan fingerprint density at radius 2 is 1.71 bits per heavy atom. The number of phenolic OH excluding ortho intramolecular Hbond substituents is 2. The number of benzene rings is 1. The molecule has 0 unspecified atom stereocenters. The Hall–Kier alpha value is -1.95. The van der Waals surface area contributed by atoms with E-state index in [0.717, 1.165) is 32.4 Å². The standard InChI is InChI=1S/C21H27ClN2O4/c22-15-11-16(19(27)17(25)12-15)20(28)24-9-6-21(13-24)4-7-23(8-5-21)18(26)10-14-2-1-3-14/h11-12,14,25,27H,1-10,13H2. The molecule has 2 aliphatic heterocycles. The Morgan fingerprint density at radius 3 is 2.32 bits per heavy atom. The van der Waals surface area contributed by atoms with Gasteiger partial charge in [-0.2, -0.15) is 0 Å². The molecule has 3 fully saturated rings. The van der Waals surface area contributed by atoms with Gasteiger partial charge in [0.15, 0.2) is 11.5 Å². The Kier molecular flexibility index (Phi) is 5.17. The van der Waals surface area contributed by atoms with Crippen LogP contribution in [0.2, 0.25) is 5.02 Å². The fourth-order valence-corrected chi connectivity index (χ4v) is 4.95.